The molecule has 0 fully saturated rings. The van der Waals surface area contributed by atoms with E-state index in [-0.39, 0.29) is 5.91 Å². The summed E-state index contributed by atoms with van der Waals surface area (Å²) in [7, 11) is 0. The van der Waals surface area contributed by atoms with Crippen molar-refractivity contribution in [3.63, 3.8) is 0 Å². The Morgan fingerprint density at radius 3 is 2.61 bits per heavy atom. The van der Waals surface area contributed by atoms with Crippen molar-refractivity contribution in [2.24, 2.45) is 0 Å². The summed E-state index contributed by atoms with van der Waals surface area (Å²) in [5.74, 6) is -0.135. The second kappa shape index (κ2) is 5.12. The molecule has 0 aliphatic rings. The third-order valence-electron chi connectivity index (χ3n) is 2.55. The van der Waals surface area contributed by atoms with Gasteiger partial charge in [0, 0.05) is 15.0 Å². The number of hydrogen-bond acceptors (Lipinski definition) is 3. The molecule has 3 nitrogen and oxygen atoms in total. The lowest BCUT2D eigenvalue weighted by Gasteiger charge is -2.06. The first-order chi connectivity index (χ1) is 8.47. The molecule has 0 spiro atoms. The number of nitrogen functional groups attached to an aromatic ring is 1. The highest BCUT2D eigenvalue weighted by molar-refractivity contribution is 9.10. The molecule has 2 rings (SSSR count). The number of aryl methyl sites for hydroxylation is 2. The molecule has 0 saturated carbocycles. The van der Waals surface area contributed by atoms with Crippen molar-refractivity contribution < 1.29 is 4.79 Å². The summed E-state index contributed by atoms with van der Waals surface area (Å²) in [5.41, 5.74) is 8.30. The van der Waals surface area contributed by atoms with Gasteiger partial charge in [0.1, 0.15) is 0 Å². The van der Waals surface area contributed by atoms with Gasteiger partial charge in [-0.05, 0) is 53.5 Å². The molecule has 5 heteroatoms. The fourth-order valence-electron chi connectivity index (χ4n) is 1.51. The highest BCUT2D eigenvalue weighted by atomic mass is 79.9. The van der Waals surface area contributed by atoms with Gasteiger partial charge >= 0.3 is 0 Å². The van der Waals surface area contributed by atoms with E-state index in [0.29, 0.717) is 10.6 Å². The molecule has 18 heavy (non-hydrogen) atoms. The van der Waals surface area contributed by atoms with E-state index in [0.717, 1.165) is 20.6 Å². The van der Waals surface area contributed by atoms with Crippen molar-refractivity contribution in [2.75, 3.05) is 11.1 Å². The Labute approximate surface area is 118 Å². The van der Waals surface area contributed by atoms with Crippen LogP contribution in [0.1, 0.15) is 20.1 Å². The maximum Gasteiger partial charge on any atom is 0.265 e. The summed E-state index contributed by atoms with van der Waals surface area (Å²) < 4.78 is 0.872. The van der Waals surface area contributed by atoms with Gasteiger partial charge < -0.3 is 11.1 Å². The van der Waals surface area contributed by atoms with E-state index in [1.165, 1.54) is 11.3 Å². The number of thiophene rings is 1. The van der Waals surface area contributed by atoms with Crippen LogP contribution in [-0.4, -0.2) is 5.91 Å². The molecule has 1 aromatic carbocycles. The lowest BCUT2D eigenvalue weighted by atomic mass is 10.2. The SMILES string of the molecule is Cc1ccc(NC(=O)c2cc(N)c(C)s2)c(Br)c1. The van der Waals surface area contributed by atoms with Crippen LogP contribution >= 0.6 is 27.3 Å². The highest BCUT2D eigenvalue weighted by Crippen LogP contribution is 2.27. The molecule has 1 amide bonds. The number of nitrogens with two attached hydrogens (primary N) is 1. The summed E-state index contributed by atoms with van der Waals surface area (Å²) in [4.78, 5) is 13.6. The number of nitrogens with one attached hydrogen (secondary N) is 1. The largest absolute Gasteiger partial charge is 0.398 e. The lowest BCUT2D eigenvalue weighted by Crippen LogP contribution is -2.10. The van der Waals surface area contributed by atoms with Crippen molar-refractivity contribution in [2.45, 2.75) is 13.8 Å². The Hall–Kier alpha value is -1.33. The maximum atomic E-state index is 12.0. The van der Waals surface area contributed by atoms with Crippen LogP contribution in [0.5, 0.6) is 0 Å². The lowest BCUT2D eigenvalue weighted by molar-refractivity contribution is 0.103. The van der Waals surface area contributed by atoms with Crippen LogP contribution in [0.2, 0.25) is 0 Å². The molecular weight excluding hydrogens is 312 g/mol. The summed E-state index contributed by atoms with van der Waals surface area (Å²) in [5, 5.41) is 2.86. The molecule has 1 aromatic heterocycles. The zero-order chi connectivity index (χ0) is 13.3. The van der Waals surface area contributed by atoms with Crippen LogP contribution in [0.25, 0.3) is 0 Å². The third-order valence-corrected chi connectivity index (χ3v) is 4.27. The molecule has 0 radical (unpaired) electrons. The molecule has 0 aliphatic heterocycles. The molecule has 2 aromatic rings. The first-order valence-corrected chi connectivity index (χ1v) is 7.01. The highest BCUT2D eigenvalue weighted by Gasteiger charge is 2.12. The number of rotatable bonds is 2. The van der Waals surface area contributed by atoms with Gasteiger partial charge in [0.25, 0.3) is 5.91 Å². The molecular formula is C13H13BrN2OS. The predicted octanol–water partition coefficient (Wildman–Crippen LogP) is 3.96. The van der Waals surface area contributed by atoms with Crippen LogP contribution < -0.4 is 11.1 Å². The number of halogens is 1. The number of amides is 1. The number of anilines is 2. The van der Waals surface area contributed by atoms with Crippen LogP contribution in [-0.2, 0) is 0 Å². The Balaban J connectivity index is 2.21. The third kappa shape index (κ3) is 2.73. The van der Waals surface area contributed by atoms with E-state index in [1.54, 1.807) is 6.07 Å². The zero-order valence-corrected chi connectivity index (χ0v) is 12.5. The average molecular weight is 325 g/mol. The second-order valence-electron chi connectivity index (χ2n) is 4.06. The van der Waals surface area contributed by atoms with E-state index < -0.39 is 0 Å². The van der Waals surface area contributed by atoms with Crippen molar-refractivity contribution in [3.05, 3.63) is 44.1 Å². The quantitative estimate of drug-likeness (QED) is 0.878. The average Bonchev–Trinajstić information content (AvgIpc) is 2.63. The fraction of sp³-hybridized carbons (Fsp3) is 0.154. The van der Waals surface area contributed by atoms with Gasteiger partial charge in [0.05, 0.1) is 10.6 Å². The molecule has 0 saturated heterocycles. The van der Waals surface area contributed by atoms with Crippen molar-refractivity contribution in [1.82, 2.24) is 0 Å². The Morgan fingerprint density at radius 1 is 1.33 bits per heavy atom. The van der Waals surface area contributed by atoms with Crippen LogP contribution in [0.3, 0.4) is 0 Å². The van der Waals surface area contributed by atoms with Gasteiger partial charge in [-0.25, -0.2) is 0 Å². The van der Waals surface area contributed by atoms with Gasteiger partial charge in [-0.15, -0.1) is 11.3 Å². The van der Waals surface area contributed by atoms with Gasteiger partial charge in [-0.3, -0.25) is 4.79 Å². The topological polar surface area (TPSA) is 55.1 Å². The van der Waals surface area contributed by atoms with Gasteiger partial charge in [0.15, 0.2) is 0 Å². The Kier molecular flexibility index (Phi) is 3.73. The van der Waals surface area contributed by atoms with E-state index in [4.69, 9.17) is 5.73 Å². The number of hydrogen-bond donors (Lipinski definition) is 2. The van der Waals surface area contributed by atoms with Gasteiger partial charge in [0.2, 0.25) is 0 Å². The van der Waals surface area contributed by atoms with E-state index in [1.807, 2.05) is 32.0 Å². The summed E-state index contributed by atoms with van der Waals surface area (Å²) in [6, 6.07) is 7.50. The van der Waals surface area contributed by atoms with Gasteiger partial charge in [-0.2, -0.15) is 0 Å². The van der Waals surface area contributed by atoms with Crippen LogP contribution in [0.4, 0.5) is 11.4 Å². The number of carbonyl (C=O) groups excluding carboxylic acids is 1. The smallest absolute Gasteiger partial charge is 0.265 e. The standard InChI is InChI=1S/C13H13BrN2OS/c1-7-3-4-11(9(14)5-7)16-13(17)12-6-10(15)8(2)18-12/h3-6H,15H2,1-2H3,(H,16,17). The summed E-state index contributed by atoms with van der Waals surface area (Å²) in [6.07, 6.45) is 0. The minimum absolute atomic E-state index is 0.135. The zero-order valence-electron chi connectivity index (χ0n) is 10.1. The molecule has 0 bridgehead atoms. The Bertz CT molecular complexity index is 588. The fourth-order valence-corrected chi connectivity index (χ4v) is 2.94. The normalized spacial score (nSPS) is 10.4. The molecule has 94 valence electrons. The van der Waals surface area contributed by atoms with E-state index in [9.17, 15) is 4.79 Å². The molecule has 0 atom stereocenters. The molecule has 3 N–H and O–H groups in total. The van der Waals surface area contributed by atoms with E-state index >= 15 is 0 Å². The molecule has 0 unspecified atom stereocenters. The first kappa shape index (κ1) is 13.1. The van der Waals surface area contributed by atoms with E-state index in [2.05, 4.69) is 21.2 Å². The first-order valence-electron chi connectivity index (χ1n) is 5.41. The number of carbonyl (C=O) groups is 1. The summed E-state index contributed by atoms with van der Waals surface area (Å²) in [6.45, 7) is 3.90. The predicted molar refractivity (Wildman–Crippen MR) is 80.3 cm³/mol. The minimum Gasteiger partial charge on any atom is -0.398 e. The van der Waals surface area contributed by atoms with Crippen molar-refractivity contribution in [3.8, 4) is 0 Å². The molecule has 0 aliphatic carbocycles. The Morgan fingerprint density at radius 2 is 2.06 bits per heavy atom. The minimum atomic E-state index is -0.135. The number of benzene rings is 1. The van der Waals surface area contributed by atoms with Gasteiger partial charge in [-0.1, -0.05) is 6.07 Å². The van der Waals surface area contributed by atoms with Crippen molar-refractivity contribution in [1.29, 1.82) is 0 Å². The second-order valence-corrected chi connectivity index (χ2v) is 6.17. The summed E-state index contributed by atoms with van der Waals surface area (Å²) >= 11 is 4.83. The monoisotopic (exact) mass is 324 g/mol. The van der Waals surface area contributed by atoms with Crippen molar-refractivity contribution >= 4 is 44.5 Å². The molecule has 1 heterocycles. The van der Waals surface area contributed by atoms with Crippen LogP contribution in [0.15, 0.2) is 28.7 Å². The van der Waals surface area contributed by atoms with Crippen LogP contribution in [0, 0.1) is 13.8 Å². The maximum absolute atomic E-state index is 12.0.